The van der Waals surface area contributed by atoms with Crippen LogP contribution >= 0.6 is 11.8 Å². The highest BCUT2D eigenvalue weighted by atomic mass is 32.2. The van der Waals surface area contributed by atoms with Gasteiger partial charge in [0, 0.05) is 5.25 Å². The first kappa shape index (κ1) is 21.4. The van der Waals surface area contributed by atoms with Crippen molar-refractivity contribution in [1.29, 1.82) is 0 Å². The lowest BCUT2D eigenvalue weighted by atomic mass is 10.2. The van der Waals surface area contributed by atoms with Gasteiger partial charge in [-0.05, 0) is 46.4 Å². The zero-order valence-electron chi connectivity index (χ0n) is 14.5. The van der Waals surface area contributed by atoms with Crippen LogP contribution < -0.4 is 0 Å². The summed E-state index contributed by atoms with van der Waals surface area (Å²) in [5, 5.41) is 0.506. The van der Waals surface area contributed by atoms with Gasteiger partial charge in [0.2, 0.25) is 0 Å². The minimum atomic E-state index is 0.506. The summed E-state index contributed by atoms with van der Waals surface area (Å²) >= 11 is 1.89. The molecule has 0 aromatic heterocycles. The van der Waals surface area contributed by atoms with Gasteiger partial charge in [-0.2, -0.15) is 0 Å². The Labute approximate surface area is 131 Å². The molecule has 0 rings (SSSR count). The van der Waals surface area contributed by atoms with E-state index >= 15 is 0 Å². The van der Waals surface area contributed by atoms with E-state index < -0.39 is 0 Å². The monoisotopic (exact) mass is 292 g/mol. The van der Waals surface area contributed by atoms with Crippen LogP contribution in [0.15, 0.2) is 58.6 Å². The maximum absolute atomic E-state index is 2.25. The topological polar surface area (TPSA) is 0 Å². The van der Waals surface area contributed by atoms with E-state index in [1.54, 1.807) is 0 Å². The van der Waals surface area contributed by atoms with Crippen LogP contribution in [0.1, 0.15) is 55.4 Å². The van der Waals surface area contributed by atoms with Crippen LogP contribution in [0.3, 0.4) is 0 Å². The van der Waals surface area contributed by atoms with Crippen molar-refractivity contribution < 1.29 is 0 Å². The van der Waals surface area contributed by atoms with Crippen molar-refractivity contribution in [2.75, 3.05) is 0 Å². The first-order valence-corrected chi connectivity index (χ1v) is 8.33. The Hall–Kier alpha value is -0.950. The molecule has 0 heterocycles. The molecule has 0 amide bonds. The van der Waals surface area contributed by atoms with Crippen LogP contribution in [0.2, 0.25) is 0 Å². The van der Waals surface area contributed by atoms with E-state index in [9.17, 15) is 0 Å². The highest BCUT2D eigenvalue weighted by Crippen LogP contribution is 2.22. The molecular weight excluding hydrogens is 260 g/mol. The van der Waals surface area contributed by atoms with Crippen LogP contribution in [0, 0.1) is 0 Å². The van der Waals surface area contributed by atoms with Crippen LogP contribution in [-0.4, -0.2) is 5.25 Å². The summed E-state index contributed by atoms with van der Waals surface area (Å²) in [4.78, 5) is 1.34. The summed E-state index contributed by atoms with van der Waals surface area (Å²) in [6, 6.07) is 0. The van der Waals surface area contributed by atoms with Gasteiger partial charge in [0.15, 0.2) is 0 Å². The summed E-state index contributed by atoms with van der Waals surface area (Å²) in [7, 11) is 0. The molecular formula is C19H32S. The highest BCUT2D eigenvalue weighted by Gasteiger charge is 1.98. The third-order valence-corrected chi connectivity index (χ3v) is 3.50. The first-order valence-electron chi connectivity index (χ1n) is 7.45. The van der Waals surface area contributed by atoms with Crippen LogP contribution in [0.4, 0.5) is 0 Å². The van der Waals surface area contributed by atoms with Gasteiger partial charge in [-0.3, -0.25) is 0 Å². The Kier molecular flexibility index (Phi) is 15.4. The molecule has 114 valence electrons. The molecule has 0 nitrogen and oxygen atoms in total. The van der Waals surface area contributed by atoms with Crippen LogP contribution in [0.5, 0.6) is 0 Å². The number of allylic oxidation sites excluding steroid dienone is 9. The summed E-state index contributed by atoms with van der Waals surface area (Å²) < 4.78 is 0. The van der Waals surface area contributed by atoms with Gasteiger partial charge in [-0.25, -0.2) is 0 Å². The lowest BCUT2D eigenvalue weighted by Gasteiger charge is -2.05. The average molecular weight is 293 g/mol. The van der Waals surface area contributed by atoms with Gasteiger partial charge >= 0.3 is 0 Å². The zero-order valence-corrected chi connectivity index (χ0v) is 15.3. The van der Waals surface area contributed by atoms with Crippen molar-refractivity contribution in [3.05, 3.63) is 58.6 Å². The largest absolute Gasteiger partial charge is 0.124 e. The molecule has 20 heavy (non-hydrogen) atoms. The molecule has 0 spiro atoms. The standard InChI is InChI=1S/C17H26S.C2H6/c1-7-9-15(4)11-13-17(6)18-16(5)12-10-14(3)8-2;1-2/h7-13,16H,1-6H3;1-2H3/b9-7-,12-10-,14-8-,15-11-,17-13+;. The maximum atomic E-state index is 2.25. The SMILES string of the molecule is CC.C\C=C/C(C)=C\C=C(/C)SC(C)/C=C\C(C)=C/C. The zero-order chi connectivity index (χ0) is 16.0. The number of thioether (sulfide) groups is 1. The van der Waals surface area contributed by atoms with E-state index in [-0.39, 0.29) is 0 Å². The van der Waals surface area contributed by atoms with Crippen LogP contribution in [0.25, 0.3) is 0 Å². The van der Waals surface area contributed by atoms with Crippen molar-refractivity contribution >= 4 is 11.8 Å². The Morgan fingerprint density at radius 3 is 2.00 bits per heavy atom. The number of hydrogen-bond donors (Lipinski definition) is 0. The molecule has 0 radical (unpaired) electrons. The van der Waals surface area contributed by atoms with Gasteiger partial charge in [0.25, 0.3) is 0 Å². The fourth-order valence-corrected chi connectivity index (χ4v) is 2.21. The van der Waals surface area contributed by atoms with Crippen molar-refractivity contribution in [3.8, 4) is 0 Å². The predicted molar refractivity (Wildman–Crippen MR) is 99.3 cm³/mol. The second-order valence-corrected chi connectivity index (χ2v) is 6.03. The van der Waals surface area contributed by atoms with E-state index in [0.717, 1.165) is 0 Å². The van der Waals surface area contributed by atoms with Gasteiger partial charge in [-0.15, -0.1) is 11.8 Å². The fraction of sp³-hybridized carbons (Fsp3) is 0.474. The molecule has 0 aromatic carbocycles. The molecule has 0 saturated heterocycles. The van der Waals surface area contributed by atoms with Gasteiger partial charge in [0.05, 0.1) is 0 Å². The van der Waals surface area contributed by atoms with Crippen molar-refractivity contribution in [1.82, 2.24) is 0 Å². The fourth-order valence-electron chi connectivity index (χ4n) is 1.32. The van der Waals surface area contributed by atoms with Gasteiger partial charge in [0.1, 0.15) is 0 Å². The summed E-state index contributed by atoms with van der Waals surface area (Å²) in [6.45, 7) is 16.7. The summed E-state index contributed by atoms with van der Waals surface area (Å²) in [5.41, 5.74) is 2.60. The van der Waals surface area contributed by atoms with Gasteiger partial charge in [-0.1, -0.05) is 67.5 Å². The summed E-state index contributed by atoms with van der Waals surface area (Å²) in [5.74, 6) is 0. The Bertz CT molecular complexity index is 379. The van der Waals surface area contributed by atoms with Crippen molar-refractivity contribution in [2.45, 2.75) is 60.6 Å². The van der Waals surface area contributed by atoms with Gasteiger partial charge < -0.3 is 0 Å². The lowest BCUT2D eigenvalue weighted by Crippen LogP contribution is -1.89. The molecule has 1 unspecified atom stereocenters. The highest BCUT2D eigenvalue weighted by molar-refractivity contribution is 8.03. The molecule has 0 aliphatic carbocycles. The number of hydrogen-bond acceptors (Lipinski definition) is 1. The Morgan fingerprint density at radius 1 is 0.900 bits per heavy atom. The number of rotatable bonds is 6. The lowest BCUT2D eigenvalue weighted by molar-refractivity contribution is 1.24. The second kappa shape index (κ2) is 14.5. The summed E-state index contributed by atoms with van der Waals surface area (Å²) in [6.07, 6.45) is 15.1. The van der Waals surface area contributed by atoms with E-state index in [4.69, 9.17) is 0 Å². The second-order valence-electron chi connectivity index (χ2n) is 4.40. The first-order chi connectivity index (χ1) is 9.49. The molecule has 0 N–H and O–H groups in total. The van der Waals surface area contributed by atoms with Crippen molar-refractivity contribution in [2.24, 2.45) is 0 Å². The molecule has 0 aromatic rings. The molecule has 0 saturated carbocycles. The Morgan fingerprint density at radius 2 is 1.50 bits per heavy atom. The van der Waals surface area contributed by atoms with Crippen molar-refractivity contribution in [3.63, 3.8) is 0 Å². The van der Waals surface area contributed by atoms with E-state index in [0.29, 0.717) is 5.25 Å². The average Bonchev–Trinajstić information content (AvgIpc) is 2.45. The molecule has 1 atom stereocenters. The van der Waals surface area contributed by atoms with Crippen LogP contribution in [-0.2, 0) is 0 Å². The minimum absolute atomic E-state index is 0.506. The van der Waals surface area contributed by atoms with E-state index in [1.165, 1.54) is 16.1 Å². The third kappa shape index (κ3) is 13.5. The van der Waals surface area contributed by atoms with E-state index in [1.807, 2.05) is 32.5 Å². The molecule has 0 aliphatic heterocycles. The molecule has 0 fully saturated rings. The normalized spacial score (nSPS) is 15.5. The predicted octanol–water partition coefficient (Wildman–Crippen LogP) is 7.08. The molecule has 0 aliphatic rings. The maximum Gasteiger partial charge on any atom is 0.0245 e. The Balaban J connectivity index is 0. The molecule has 0 bridgehead atoms. The van der Waals surface area contributed by atoms with E-state index in [2.05, 4.69) is 77.2 Å². The molecule has 1 heteroatoms. The smallest absolute Gasteiger partial charge is 0.0245 e. The third-order valence-electron chi connectivity index (χ3n) is 2.47. The quantitative estimate of drug-likeness (QED) is 0.471. The minimum Gasteiger partial charge on any atom is -0.124 e.